The second-order valence-electron chi connectivity index (χ2n) is 3.79. The zero-order valence-electron chi connectivity index (χ0n) is 9.47. The summed E-state index contributed by atoms with van der Waals surface area (Å²) in [7, 11) is 0. The fraction of sp³-hybridized carbons (Fsp3) is 0.182. The number of hydrogen-bond donors (Lipinski definition) is 2. The summed E-state index contributed by atoms with van der Waals surface area (Å²) in [6.07, 6.45) is 0.303. The lowest BCUT2D eigenvalue weighted by Gasteiger charge is -2.13. The van der Waals surface area contributed by atoms with E-state index in [9.17, 15) is 18.4 Å². The Balaban J connectivity index is 2.18. The molecular weight excluding hydrogens is 324 g/mol. The lowest BCUT2D eigenvalue weighted by Crippen LogP contribution is -2.33. The molecule has 0 radical (unpaired) electrons. The maximum Gasteiger partial charge on any atom is 0.271 e. The average Bonchev–Trinajstić information content (AvgIpc) is 2.34. The molecule has 2 N–H and O–H groups in total. The van der Waals surface area contributed by atoms with Crippen molar-refractivity contribution < 1.29 is 18.4 Å². The Bertz CT molecular complexity index is 566. The summed E-state index contributed by atoms with van der Waals surface area (Å²) >= 11 is 2.96. The van der Waals surface area contributed by atoms with Gasteiger partial charge in [-0.05, 0) is 22.0 Å². The summed E-state index contributed by atoms with van der Waals surface area (Å²) in [5.41, 5.74) is 2.06. The number of hydrogen-bond acceptors (Lipinski definition) is 3. The van der Waals surface area contributed by atoms with Gasteiger partial charge in [-0.3, -0.25) is 9.59 Å². The van der Waals surface area contributed by atoms with Gasteiger partial charge in [0.05, 0.1) is 5.69 Å². The van der Waals surface area contributed by atoms with Crippen LogP contribution < -0.4 is 10.7 Å². The molecule has 2 amide bonds. The van der Waals surface area contributed by atoms with Gasteiger partial charge in [-0.25, -0.2) is 14.2 Å². The number of nitrogens with zero attached hydrogens (tertiary/aromatic N) is 1. The molecule has 1 aliphatic heterocycles. The van der Waals surface area contributed by atoms with Gasteiger partial charge in [0.1, 0.15) is 11.5 Å². The highest BCUT2D eigenvalue weighted by Crippen LogP contribution is 2.27. The first-order valence-electron chi connectivity index (χ1n) is 5.28. The molecule has 0 fully saturated rings. The zero-order chi connectivity index (χ0) is 14.0. The molecule has 8 heteroatoms. The van der Waals surface area contributed by atoms with Crippen molar-refractivity contribution in [3.63, 3.8) is 0 Å². The number of halogens is 3. The van der Waals surface area contributed by atoms with E-state index in [2.05, 4.69) is 31.8 Å². The largest absolute Gasteiger partial charge is 0.317 e. The van der Waals surface area contributed by atoms with Crippen molar-refractivity contribution in [3.8, 4) is 0 Å². The topological polar surface area (TPSA) is 70.6 Å². The second kappa shape index (κ2) is 5.43. The standard InChI is InChI=1S/C11H8BrF2N3O2/c12-6-3-5(13)4-7(14)10(6)15-11(19)8-1-2-9(18)17-16-8/h3-4H,1-2H2,(H,15,19)(H,17,18). The zero-order valence-corrected chi connectivity index (χ0v) is 11.1. The molecule has 0 spiro atoms. The van der Waals surface area contributed by atoms with Gasteiger partial charge in [0.15, 0.2) is 5.82 Å². The van der Waals surface area contributed by atoms with E-state index in [1.165, 1.54) is 0 Å². The Morgan fingerprint density at radius 2 is 2.11 bits per heavy atom. The van der Waals surface area contributed by atoms with Gasteiger partial charge >= 0.3 is 0 Å². The molecule has 0 aromatic heterocycles. The van der Waals surface area contributed by atoms with Gasteiger partial charge in [-0.15, -0.1) is 0 Å². The quantitative estimate of drug-likeness (QED) is 0.869. The Labute approximate surface area is 115 Å². The molecule has 1 aromatic rings. The maximum absolute atomic E-state index is 13.5. The molecule has 0 unspecified atom stereocenters. The Hall–Kier alpha value is -1.83. The van der Waals surface area contributed by atoms with Gasteiger partial charge in [0, 0.05) is 23.4 Å². The summed E-state index contributed by atoms with van der Waals surface area (Å²) in [4.78, 5) is 22.7. The van der Waals surface area contributed by atoms with Crippen LogP contribution in [0, 0.1) is 11.6 Å². The minimum absolute atomic E-state index is 0.0789. The number of amides is 2. The molecule has 2 rings (SSSR count). The van der Waals surface area contributed by atoms with E-state index in [1.807, 2.05) is 0 Å². The van der Waals surface area contributed by atoms with E-state index in [0.29, 0.717) is 6.07 Å². The van der Waals surface area contributed by atoms with Crippen LogP contribution in [0.4, 0.5) is 14.5 Å². The van der Waals surface area contributed by atoms with E-state index in [-0.39, 0.29) is 34.6 Å². The summed E-state index contributed by atoms with van der Waals surface area (Å²) < 4.78 is 26.5. The van der Waals surface area contributed by atoms with Crippen molar-refractivity contribution >= 4 is 39.1 Å². The molecular formula is C11H8BrF2N3O2. The van der Waals surface area contributed by atoms with Crippen LogP contribution in [0.25, 0.3) is 0 Å². The molecule has 1 aromatic carbocycles. The van der Waals surface area contributed by atoms with Crippen LogP contribution in [-0.4, -0.2) is 17.5 Å². The van der Waals surface area contributed by atoms with Crippen molar-refractivity contribution in [2.24, 2.45) is 5.10 Å². The molecule has 0 aliphatic carbocycles. The SMILES string of the molecule is O=C1CCC(C(=O)Nc2c(F)cc(F)cc2Br)=NN1. The Kier molecular flexibility index (Phi) is 3.89. The maximum atomic E-state index is 13.5. The Morgan fingerprint density at radius 3 is 2.68 bits per heavy atom. The highest BCUT2D eigenvalue weighted by molar-refractivity contribution is 9.10. The van der Waals surface area contributed by atoms with Crippen molar-refractivity contribution in [1.82, 2.24) is 5.43 Å². The number of carbonyl (C=O) groups is 2. The van der Waals surface area contributed by atoms with Crippen LogP contribution in [0.5, 0.6) is 0 Å². The summed E-state index contributed by atoms with van der Waals surface area (Å²) in [6.45, 7) is 0. The van der Waals surface area contributed by atoms with E-state index >= 15 is 0 Å². The minimum atomic E-state index is -0.902. The van der Waals surface area contributed by atoms with Crippen molar-refractivity contribution in [2.75, 3.05) is 5.32 Å². The smallest absolute Gasteiger partial charge is 0.271 e. The van der Waals surface area contributed by atoms with Crippen LogP contribution in [0.3, 0.4) is 0 Å². The van der Waals surface area contributed by atoms with Gasteiger partial charge in [0.2, 0.25) is 5.91 Å². The van der Waals surface area contributed by atoms with Crippen LogP contribution in [0.2, 0.25) is 0 Å². The molecule has 5 nitrogen and oxygen atoms in total. The van der Waals surface area contributed by atoms with Crippen LogP contribution in [0.1, 0.15) is 12.8 Å². The fourth-order valence-electron chi connectivity index (χ4n) is 1.49. The fourth-order valence-corrected chi connectivity index (χ4v) is 1.99. The number of nitrogens with one attached hydrogen (secondary N) is 2. The first-order chi connectivity index (χ1) is 8.97. The molecule has 0 saturated carbocycles. The molecule has 0 bridgehead atoms. The van der Waals surface area contributed by atoms with Crippen molar-refractivity contribution in [1.29, 1.82) is 0 Å². The van der Waals surface area contributed by atoms with Crippen LogP contribution in [-0.2, 0) is 9.59 Å². The van der Waals surface area contributed by atoms with E-state index in [1.54, 1.807) is 0 Å². The second-order valence-corrected chi connectivity index (χ2v) is 4.65. The molecule has 1 heterocycles. The average molecular weight is 332 g/mol. The normalized spacial score (nSPS) is 14.7. The highest BCUT2D eigenvalue weighted by Gasteiger charge is 2.20. The van der Waals surface area contributed by atoms with Gasteiger partial charge in [-0.2, -0.15) is 5.10 Å². The van der Waals surface area contributed by atoms with Gasteiger partial charge in [0.25, 0.3) is 5.91 Å². The molecule has 100 valence electrons. The lowest BCUT2D eigenvalue weighted by molar-refractivity contribution is -0.121. The van der Waals surface area contributed by atoms with E-state index in [4.69, 9.17) is 0 Å². The number of carbonyl (C=O) groups excluding carboxylic acids is 2. The van der Waals surface area contributed by atoms with Crippen LogP contribution in [0.15, 0.2) is 21.7 Å². The van der Waals surface area contributed by atoms with Crippen molar-refractivity contribution in [3.05, 3.63) is 28.2 Å². The molecule has 1 aliphatic rings. The van der Waals surface area contributed by atoms with E-state index < -0.39 is 17.5 Å². The molecule has 0 saturated heterocycles. The predicted molar refractivity (Wildman–Crippen MR) is 67.5 cm³/mol. The third-order valence-electron chi connectivity index (χ3n) is 2.41. The predicted octanol–water partition coefficient (Wildman–Crippen LogP) is 1.93. The summed E-state index contributed by atoms with van der Waals surface area (Å²) in [5.74, 6) is -2.60. The number of anilines is 1. The Morgan fingerprint density at radius 1 is 1.37 bits per heavy atom. The van der Waals surface area contributed by atoms with E-state index in [0.717, 1.165) is 6.07 Å². The monoisotopic (exact) mass is 331 g/mol. The number of rotatable bonds is 2. The van der Waals surface area contributed by atoms with Gasteiger partial charge in [-0.1, -0.05) is 0 Å². The summed E-state index contributed by atoms with van der Waals surface area (Å²) in [6, 6.07) is 1.69. The summed E-state index contributed by atoms with van der Waals surface area (Å²) in [5, 5.41) is 5.86. The first kappa shape index (κ1) is 13.6. The molecule has 19 heavy (non-hydrogen) atoms. The third-order valence-corrected chi connectivity index (χ3v) is 3.04. The van der Waals surface area contributed by atoms with Crippen molar-refractivity contribution in [2.45, 2.75) is 12.8 Å². The van der Waals surface area contributed by atoms with Crippen LogP contribution >= 0.6 is 15.9 Å². The number of benzene rings is 1. The van der Waals surface area contributed by atoms with Gasteiger partial charge < -0.3 is 5.32 Å². The first-order valence-corrected chi connectivity index (χ1v) is 6.08. The highest BCUT2D eigenvalue weighted by atomic mass is 79.9. The molecule has 0 atom stereocenters. The number of hydrazone groups is 1. The third kappa shape index (κ3) is 3.14. The lowest BCUT2D eigenvalue weighted by atomic mass is 10.1. The minimum Gasteiger partial charge on any atom is -0.317 e.